The minimum atomic E-state index is -4.19. The van der Waals surface area contributed by atoms with E-state index in [2.05, 4.69) is 20.3 Å². The summed E-state index contributed by atoms with van der Waals surface area (Å²) in [5.74, 6) is 0.753. The maximum absolute atomic E-state index is 10.9. The molecule has 11 heteroatoms. The molecule has 0 radical (unpaired) electrons. The molecule has 23 heavy (non-hydrogen) atoms. The van der Waals surface area contributed by atoms with E-state index in [-0.39, 0.29) is 5.95 Å². The molecule has 126 valence electrons. The highest BCUT2D eigenvalue weighted by molar-refractivity contribution is 7.51. The second-order valence-corrected chi connectivity index (χ2v) is 7.28. The Balaban J connectivity index is 1.78. The second kappa shape index (κ2) is 6.04. The first kappa shape index (κ1) is 16.1. The first-order chi connectivity index (χ1) is 10.8. The lowest BCUT2D eigenvalue weighted by Gasteiger charge is -2.14. The van der Waals surface area contributed by atoms with Gasteiger partial charge in [0.1, 0.15) is 6.35 Å². The molecule has 0 amide bonds. The number of nitrogens with zero attached hydrogens (tertiary/aromatic N) is 4. The zero-order valence-electron chi connectivity index (χ0n) is 12.6. The van der Waals surface area contributed by atoms with Crippen LogP contribution >= 0.6 is 7.60 Å². The minimum Gasteiger partial charge on any atom is -0.368 e. The van der Waals surface area contributed by atoms with Gasteiger partial charge in [-0.15, -0.1) is 0 Å². The van der Waals surface area contributed by atoms with Gasteiger partial charge in [0.15, 0.2) is 17.0 Å². The van der Waals surface area contributed by atoms with Crippen LogP contribution in [-0.4, -0.2) is 47.8 Å². The monoisotopic (exact) mass is 342 g/mol. The van der Waals surface area contributed by atoms with E-state index in [1.165, 1.54) is 0 Å². The summed E-state index contributed by atoms with van der Waals surface area (Å²) in [5, 5.41) is 3.27. The van der Waals surface area contributed by atoms with Crippen molar-refractivity contribution in [3.05, 3.63) is 6.33 Å². The van der Waals surface area contributed by atoms with E-state index in [1.54, 1.807) is 17.8 Å². The first-order valence-electron chi connectivity index (χ1n) is 7.23. The normalized spacial score (nSPS) is 16.7. The number of aromatic nitrogens is 4. The number of fused-ring (bicyclic) bond motifs is 1. The van der Waals surface area contributed by atoms with E-state index in [0.29, 0.717) is 29.6 Å². The lowest BCUT2D eigenvalue weighted by atomic mass is 10.4. The number of hydrogen-bond acceptors (Lipinski definition) is 7. The van der Waals surface area contributed by atoms with Gasteiger partial charge in [0, 0.05) is 6.04 Å². The first-order valence-corrected chi connectivity index (χ1v) is 9.02. The predicted molar refractivity (Wildman–Crippen MR) is 83.8 cm³/mol. The van der Waals surface area contributed by atoms with Crippen LogP contribution in [-0.2, 0) is 15.8 Å². The molecule has 10 nitrogen and oxygen atoms in total. The van der Waals surface area contributed by atoms with Gasteiger partial charge in [-0.2, -0.15) is 9.97 Å². The highest BCUT2D eigenvalue weighted by atomic mass is 31.2. The average molecular weight is 342 g/mol. The Bertz CT molecular complexity index is 755. The molecule has 2 aromatic rings. The van der Waals surface area contributed by atoms with Crippen LogP contribution < -0.4 is 11.1 Å². The van der Waals surface area contributed by atoms with E-state index in [9.17, 15) is 4.57 Å². The maximum Gasteiger partial charge on any atom is 0.350 e. The number of ether oxygens (including phenoxy) is 1. The zero-order chi connectivity index (χ0) is 16.6. The minimum absolute atomic E-state index is 0.145. The quantitative estimate of drug-likeness (QED) is 0.528. The van der Waals surface area contributed by atoms with Crippen molar-refractivity contribution in [1.82, 2.24) is 19.5 Å². The largest absolute Gasteiger partial charge is 0.368 e. The van der Waals surface area contributed by atoms with Crippen molar-refractivity contribution in [2.24, 2.45) is 0 Å². The van der Waals surface area contributed by atoms with Gasteiger partial charge in [0.2, 0.25) is 5.95 Å². The highest BCUT2D eigenvalue weighted by Crippen LogP contribution is 2.34. The van der Waals surface area contributed by atoms with Crippen molar-refractivity contribution >= 4 is 30.5 Å². The Labute approximate surface area is 132 Å². The third-order valence-corrected chi connectivity index (χ3v) is 3.87. The standard InChI is InChI=1S/C12H19N6O4P/c1-7(22-6-23(19,20)21)4-18-5-14-9-10(15-8-2-3-8)16-12(13)17-11(9)18/h5,7-8H,2-4,6H2,1H3,(H2,19,20,21)(H3,13,15,16,17). The van der Waals surface area contributed by atoms with Crippen LogP contribution in [0.25, 0.3) is 11.2 Å². The molecule has 2 heterocycles. The summed E-state index contributed by atoms with van der Waals surface area (Å²) in [7, 11) is -4.19. The van der Waals surface area contributed by atoms with Gasteiger partial charge in [0.25, 0.3) is 0 Å². The van der Waals surface area contributed by atoms with Gasteiger partial charge in [-0.3, -0.25) is 4.57 Å². The Morgan fingerprint density at radius 2 is 2.26 bits per heavy atom. The second-order valence-electron chi connectivity index (χ2n) is 5.69. The van der Waals surface area contributed by atoms with Gasteiger partial charge in [-0.1, -0.05) is 0 Å². The molecular weight excluding hydrogens is 323 g/mol. The van der Waals surface area contributed by atoms with E-state index in [4.69, 9.17) is 20.3 Å². The van der Waals surface area contributed by atoms with Gasteiger partial charge in [-0.25, -0.2) is 4.98 Å². The van der Waals surface area contributed by atoms with E-state index >= 15 is 0 Å². The van der Waals surface area contributed by atoms with Crippen LogP contribution in [0, 0.1) is 0 Å². The average Bonchev–Trinajstić information content (AvgIpc) is 3.17. The summed E-state index contributed by atoms with van der Waals surface area (Å²) < 4.78 is 17.7. The summed E-state index contributed by atoms with van der Waals surface area (Å²) in [6.07, 6.45) is 2.75. The van der Waals surface area contributed by atoms with Crippen molar-refractivity contribution in [3.63, 3.8) is 0 Å². The number of nitrogens with two attached hydrogens (primary N) is 1. The summed E-state index contributed by atoms with van der Waals surface area (Å²) in [5.41, 5.74) is 6.94. The van der Waals surface area contributed by atoms with Crippen molar-refractivity contribution < 1.29 is 19.1 Å². The molecular formula is C12H19N6O4P. The van der Waals surface area contributed by atoms with E-state index < -0.39 is 20.0 Å². The van der Waals surface area contributed by atoms with Gasteiger partial charge in [-0.05, 0) is 19.8 Å². The van der Waals surface area contributed by atoms with Gasteiger partial charge in [0.05, 0.1) is 19.0 Å². The van der Waals surface area contributed by atoms with Crippen molar-refractivity contribution in [2.75, 3.05) is 17.4 Å². The van der Waals surface area contributed by atoms with Gasteiger partial charge < -0.3 is 30.1 Å². The number of imidazole rings is 1. The Morgan fingerprint density at radius 1 is 1.52 bits per heavy atom. The van der Waals surface area contributed by atoms with Crippen LogP contribution in [0.3, 0.4) is 0 Å². The van der Waals surface area contributed by atoms with Crippen LogP contribution in [0.1, 0.15) is 19.8 Å². The molecule has 0 saturated heterocycles. The number of hydrogen-bond donors (Lipinski definition) is 4. The third-order valence-electron chi connectivity index (χ3n) is 3.38. The van der Waals surface area contributed by atoms with Crippen molar-refractivity contribution in [2.45, 2.75) is 38.5 Å². The molecule has 0 bridgehead atoms. The van der Waals surface area contributed by atoms with Crippen molar-refractivity contribution in [1.29, 1.82) is 0 Å². The third kappa shape index (κ3) is 4.17. The van der Waals surface area contributed by atoms with Gasteiger partial charge >= 0.3 is 7.60 Å². The summed E-state index contributed by atoms with van der Waals surface area (Å²) in [6, 6.07) is 0.406. The lowest BCUT2D eigenvalue weighted by Crippen LogP contribution is -2.17. The Morgan fingerprint density at radius 3 is 2.91 bits per heavy atom. The Kier molecular flexibility index (Phi) is 4.24. The molecule has 1 saturated carbocycles. The topological polar surface area (TPSA) is 148 Å². The number of nitrogens with one attached hydrogen (secondary N) is 1. The summed E-state index contributed by atoms with van der Waals surface area (Å²) >= 11 is 0. The van der Waals surface area contributed by atoms with E-state index in [1.807, 2.05) is 0 Å². The summed E-state index contributed by atoms with van der Waals surface area (Å²) in [4.78, 5) is 30.4. The maximum atomic E-state index is 10.9. The van der Waals surface area contributed by atoms with Crippen LogP contribution in [0.2, 0.25) is 0 Å². The molecule has 1 atom stereocenters. The molecule has 1 aliphatic carbocycles. The Hall–Kier alpha value is -1.74. The molecule has 3 rings (SSSR count). The molecule has 5 N–H and O–H groups in total. The SMILES string of the molecule is CC(Cn1cnc2c(NC3CC3)nc(N)nc21)OCP(=O)(O)O. The van der Waals surface area contributed by atoms with E-state index in [0.717, 1.165) is 12.8 Å². The number of anilines is 2. The molecule has 2 aromatic heterocycles. The zero-order valence-corrected chi connectivity index (χ0v) is 13.5. The molecule has 0 aliphatic heterocycles. The fourth-order valence-electron chi connectivity index (χ4n) is 2.17. The molecule has 1 fully saturated rings. The highest BCUT2D eigenvalue weighted by Gasteiger charge is 2.24. The summed E-state index contributed by atoms with van der Waals surface area (Å²) in [6.45, 7) is 2.06. The smallest absolute Gasteiger partial charge is 0.350 e. The number of rotatable bonds is 7. The fourth-order valence-corrected chi connectivity index (χ4v) is 2.62. The lowest BCUT2D eigenvalue weighted by molar-refractivity contribution is 0.0764. The van der Waals surface area contributed by atoms with Crippen molar-refractivity contribution in [3.8, 4) is 0 Å². The van der Waals surface area contributed by atoms with Crippen LogP contribution in [0.15, 0.2) is 6.33 Å². The van der Waals surface area contributed by atoms with Crippen LogP contribution in [0.5, 0.6) is 0 Å². The number of nitrogen functional groups attached to an aromatic ring is 1. The molecule has 0 aromatic carbocycles. The molecule has 1 aliphatic rings. The fraction of sp³-hybridized carbons (Fsp3) is 0.583. The molecule has 1 unspecified atom stereocenters. The predicted octanol–water partition coefficient (Wildman–Crippen LogP) is 0.523. The molecule has 0 spiro atoms. The van der Waals surface area contributed by atoms with Crippen LogP contribution in [0.4, 0.5) is 11.8 Å².